The molecule has 4 nitrogen and oxygen atoms in total. The Morgan fingerprint density at radius 2 is 1.11 bits per heavy atom. The van der Waals surface area contributed by atoms with Gasteiger partial charge in [0.15, 0.2) is 0 Å². The molecule has 0 amide bonds. The number of quaternary nitrogens is 1. The Kier molecular flexibility index (Phi) is 7.56. The molecule has 7 aromatic rings. The van der Waals surface area contributed by atoms with Gasteiger partial charge in [0.2, 0.25) is 0 Å². The van der Waals surface area contributed by atoms with Gasteiger partial charge in [-0.1, -0.05) is 97.1 Å². The standard InChI is InChI=1S/C43H32N4/c44-41-25-32(30-8-5-9-31(24-30)33-10-6-22-45-26-33)16-17-34(41)28-47-36-20-18-29(19-21-36)42-37-12-1-3-14-39(37)43(35-11-7-23-46-27-35)40-15-4-2-13-38(40)42/h1-28,41,47H,44H2/p+1. The van der Waals surface area contributed by atoms with E-state index in [1.807, 2.05) is 30.7 Å². The number of aromatic nitrogens is 2. The highest BCUT2D eigenvalue weighted by atomic mass is 14.8. The SMILES string of the molecule is NC1C=C(c2cccc(-c3cccnc3)c2)C=CC1=C[NH2+]c1ccc(-c2c3ccccc3c(-c3cccnc3)c3ccccc23)cc1. The van der Waals surface area contributed by atoms with Crippen LogP contribution in [-0.4, -0.2) is 16.0 Å². The second kappa shape index (κ2) is 12.5. The summed E-state index contributed by atoms with van der Waals surface area (Å²) in [6, 6.07) is 42.8. The van der Waals surface area contributed by atoms with Crippen LogP contribution in [0.5, 0.6) is 0 Å². The fourth-order valence-electron chi connectivity index (χ4n) is 6.63. The van der Waals surface area contributed by atoms with E-state index in [0.29, 0.717) is 0 Å². The average Bonchev–Trinajstić information content (AvgIpc) is 3.14. The van der Waals surface area contributed by atoms with Crippen LogP contribution in [0.15, 0.2) is 176 Å². The molecule has 8 rings (SSSR count). The first-order valence-electron chi connectivity index (χ1n) is 15.9. The van der Waals surface area contributed by atoms with Gasteiger partial charge in [-0.15, -0.1) is 0 Å². The van der Waals surface area contributed by atoms with Gasteiger partial charge >= 0.3 is 0 Å². The van der Waals surface area contributed by atoms with Crippen molar-refractivity contribution >= 4 is 32.8 Å². The van der Waals surface area contributed by atoms with E-state index in [1.54, 1.807) is 6.20 Å². The summed E-state index contributed by atoms with van der Waals surface area (Å²) in [5, 5.41) is 7.06. The molecule has 224 valence electrons. The highest BCUT2D eigenvalue weighted by molar-refractivity contribution is 6.21. The van der Waals surface area contributed by atoms with Crippen LogP contribution in [0.1, 0.15) is 5.56 Å². The second-order valence-corrected chi connectivity index (χ2v) is 11.8. The number of pyridine rings is 2. The Morgan fingerprint density at radius 1 is 0.532 bits per heavy atom. The molecule has 0 aliphatic heterocycles. The van der Waals surface area contributed by atoms with Crippen LogP contribution < -0.4 is 11.1 Å². The van der Waals surface area contributed by atoms with Crippen molar-refractivity contribution < 1.29 is 5.32 Å². The number of fused-ring (bicyclic) bond motifs is 2. The maximum Gasteiger partial charge on any atom is 0.134 e. The first-order chi connectivity index (χ1) is 23.2. The van der Waals surface area contributed by atoms with Crippen LogP contribution in [0.4, 0.5) is 5.69 Å². The topological polar surface area (TPSA) is 68.4 Å². The van der Waals surface area contributed by atoms with Crippen molar-refractivity contribution in [2.24, 2.45) is 5.73 Å². The molecule has 2 heterocycles. The van der Waals surface area contributed by atoms with Crippen LogP contribution in [0, 0.1) is 0 Å². The van der Waals surface area contributed by atoms with Crippen LogP contribution in [0.25, 0.3) is 60.5 Å². The lowest BCUT2D eigenvalue weighted by Crippen LogP contribution is -2.71. The fraction of sp³-hybridized carbons (Fsp3) is 0.0233. The summed E-state index contributed by atoms with van der Waals surface area (Å²) in [6.45, 7) is 0. The second-order valence-electron chi connectivity index (χ2n) is 11.8. The van der Waals surface area contributed by atoms with Gasteiger partial charge in [0.25, 0.3) is 0 Å². The average molecular weight is 606 g/mol. The van der Waals surface area contributed by atoms with Gasteiger partial charge in [-0.2, -0.15) is 0 Å². The predicted molar refractivity (Wildman–Crippen MR) is 195 cm³/mol. The predicted octanol–water partition coefficient (Wildman–Crippen LogP) is 8.84. The molecule has 0 bridgehead atoms. The number of nitrogens with two attached hydrogens (primary N) is 2. The molecule has 1 aliphatic carbocycles. The van der Waals surface area contributed by atoms with Gasteiger partial charge in [0.05, 0.1) is 6.04 Å². The van der Waals surface area contributed by atoms with Crippen LogP contribution in [0.2, 0.25) is 0 Å². The van der Waals surface area contributed by atoms with E-state index in [4.69, 9.17) is 5.73 Å². The number of rotatable bonds is 6. The van der Waals surface area contributed by atoms with Crippen LogP contribution >= 0.6 is 0 Å². The molecule has 5 aromatic carbocycles. The van der Waals surface area contributed by atoms with Crippen molar-refractivity contribution in [3.63, 3.8) is 0 Å². The third-order valence-corrected chi connectivity index (χ3v) is 8.94. The highest BCUT2D eigenvalue weighted by Gasteiger charge is 2.17. The van der Waals surface area contributed by atoms with E-state index in [9.17, 15) is 0 Å². The summed E-state index contributed by atoms with van der Waals surface area (Å²) in [7, 11) is 0. The Balaban J connectivity index is 1.07. The normalized spacial score (nSPS) is 15.3. The smallest absolute Gasteiger partial charge is 0.134 e. The minimum atomic E-state index is -0.191. The molecule has 4 N–H and O–H groups in total. The van der Waals surface area contributed by atoms with Crippen molar-refractivity contribution in [1.82, 2.24) is 9.97 Å². The van der Waals surface area contributed by atoms with E-state index >= 15 is 0 Å². The summed E-state index contributed by atoms with van der Waals surface area (Å²) in [4.78, 5) is 8.69. The summed E-state index contributed by atoms with van der Waals surface area (Å²) in [5.41, 5.74) is 18.1. The molecule has 0 radical (unpaired) electrons. The summed E-state index contributed by atoms with van der Waals surface area (Å²) < 4.78 is 0. The van der Waals surface area contributed by atoms with Gasteiger partial charge in [-0.05, 0) is 97.4 Å². The number of allylic oxidation sites excluding steroid dienone is 2. The molecule has 0 fully saturated rings. The van der Waals surface area contributed by atoms with Crippen LogP contribution in [0.3, 0.4) is 0 Å². The van der Waals surface area contributed by atoms with Gasteiger partial charge in [-0.3, -0.25) is 15.3 Å². The Hall–Kier alpha value is -5.94. The lowest BCUT2D eigenvalue weighted by molar-refractivity contribution is -0.497. The fourth-order valence-corrected chi connectivity index (χ4v) is 6.63. The minimum absolute atomic E-state index is 0.191. The zero-order chi connectivity index (χ0) is 31.6. The lowest BCUT2D eigenvalue weighted by atomic mass is 9.86. The zero-order valence-electron chi connectivity index (χ0n) is 25.8. The van der Waals surface area contributed by atoms with E-state index in [-0.39, 0.29) is 6.04 Å². The third-order valence-electron chi connectivity index (χ3n) is 8.94. The Morgan fingerprint density at radius 3 is 1.70 bits per heavy atom. The molecule has 4 heteroatoms. The van der Waals surface area contributed by atoms with E-state index in [1.165, 1.54) is 38.2 Å². The molecule has 2 aromatic heterocycles. The molecule has 0 saturated heterocycles. The first-order valence-corrected chi connectivity index (χ1v) is 15.9. The maximum atomic E-state index is 6.65. The number of benzene rings is 5. The van der Waals surface area contributed by atoms with E-state index in [2.05, 4.69) is 149 Å². The number of nitrogens with zero attached hydrogens (tertiary/aromatic N) is 2. The Labute approximate surface area is 274 Å². The van der Waals surface area contributed by atoms with Crippen molar-refractivity contribution in [2.75, 3.05) is 0 Å². The number of hydrogen-bond donors (Lipinski definition) is 2. The van der Waals surface area contributed by atoms with Gasteiger partial charge in [0.1, 0.15) is 11.9 Å². The minimum Gasteiger partial charge on any atom is -0.321 e. The molecular weight excluding hydrogens is 573 g/mol. The van der Waals surface area contributed by atoms with Crippen molar-refractivity contribution in [3.8, 4) is 33.4 Å². The molecule has 1 aliphatic rings. The van der Waals surface area contributed by atoms with Gasteiger partial charge in [0, 0.05) is 41.5 Å². The van der Waals surface area contributed by atoms with Crippen molar-refractivity contribution in [1.29, 1.82) is 0 Å². The molecular formula is C43H33N4+. The van der Waals surface area contributed by atoms with Crippen LogP contribution in [-0.2, 0) is 0 Å². The number of hydrogen-bond acceptors (Lipinski definition) is 3. The summed E-state index contributed by atoms with van der Waals surface area (Å²) in [6.07, 6.45) is 16.0. The maximum absolute atomic E-state index is 6.65. The van der Waals surface area contributed by atoms with E-state index in [0.717, 1.165) is 39.1 Å². The van der Waals surface area contributed by atoms with Gasteiger partial charge in [-0.25, -0.2) is 0 Å². The quantitative estimate of drug-likeness (QED) is 0.147. The molecule has 1 atom stereocenters. The Bertz CT molecular complexity index is 2260. The first kappa shape index (κ1) is 28.5. The lowest BCUT2D eigenvalue weighted by Gasteiger charge is -2.17. The van der Waals surface area contributed by atoms with Gasteiger partial charge < -0.3 is 5.73 Å². The summed E-state index contributed by atoms with van der Waals surface area (Å²) in [5.74, 6) is 0. The summed E-state index contributed by atoms with van der Waals surface area (Å²) >= 11 is 0. The largest absolute Gasteiger partial charge is 0.321 e. The molecule has 0 spiro atoms. The highest BCUT2D eigenvalue weighted by Crippen LogP contribution is 2.43. The van der Waals surface area contributed by atoms with Crippen molar-refractivity contribution in [3.05, 3.63) is 182 Å². The third kappa shape index (κ3) is 5.57. The van der Waals surface area contributed by atoms with E-state index < -0.39 is 0 Å². The zero-order valence-corrected chi connectivity index (χ0v) is 25.8. The monoisotopic (exact) mass is 605 g/mol. The molecule has 1 unspecified atom stereocenters. The van der Waals surface area contributed by atoms with Crippen molar-refractivity contribution in [2.45, 2.75) is 6.04 Å². The molecule has 0 saturated carbocycles. The molecule has 47 heavy (non-hydrogen) atoms.